The standard InChI is InChI=1S/C16H31NO2/c1-11(2)12-7-8-15(3,4)9-13(12)14(19)17-16(5,6)10-18/h11-13,18H,7-10H2,1-6H3,(H,17,19). The molecule has 0 aliphatic heterocycles. The SMILES string of the molecule is CC(C)C1CCC(C)(C)CC1C(=O)NC(C)(C)CO. The molecule has 3 heteroatoms. The van der Waals surface area contributed by atoms with Gasteiger partial charge in [0, 0.05) is 5.92 Å². The number of hydrogen-bond donors (Lipinski definition) is 2. The molecule has 112 valence electrons. The second-order valence-electron chi connectivity index (χ2n) is 7.95. The van der Waals surface area contributed by atoms with Gasteiger partial charge < -0.3 is 10.4 Å². The van der Waals surface area contributed by atoms with Crippen molar-refractivity contribution in [1.29, 1.82) is 0 Å². The fourth-order valence-electron chi connectivity index (χ4n) is 3.16. The van der Waals surface area contributed by atoms with E-state index in [9.17, 15) is 9.90 Å². The summed E-state index contributed by atoms with van der Waals surface area (Å²) >= 11 is 0. The zero-order chi connectivity index (χ0) is 14.8. The van der Waals surface area contributed by atoms with Crippen molar-refractivity contribution >= 4 is 5.91 Å². The molecule has 0 aromatic heterocycles. The molecule has 1 amide bonds. The predicted octanol–water partition coefficient (Wildman–Crippen LogP) is 2.97. The Hall–Kier alpha value is -0.570. The lowest BCUT2D eigenvalue weighted by Crippen LogP contribution is -2.51. The van der Waals surface area contributed by atoms with Crippen molar-refractivity contribution in [3.05, 3.63) is 0 Å². The maximum absolute atomic E-state index is 12.6. The molecule has 0 bridgehead atoms. The first-order chi connectivity index (χ1) is 8.58. The highest BCUT2D eigenvalue weighted by Crippen LogP contribution is 2.44. The number of aliphatic hydroxyl groups excluding tert-OH is 1. The molecule has 0 spiro atoms. The number of aliphatic hydroxyl groups is 1. The van der Waals surface area contributed by atoms with Crippen LogP contribution in [0.15, 0.2) is 0 Å². The number of rotatable bonds is 4. The van der Waals surface area contributed by atoms with Gasteiger partial charge in [-0.2, -0.15) is 0 Å². The van der Waals surface area contributed by atoms with Crippen LogP contribution in [0.25, 0.3) is 0 Å². The van der Waals surface area contributed by atoms with E-state index in [0.717, 1.165) is 12.8 Å². The lowest BCUT2D eigenvalue weighted by Gasteiger charge is -2.42. The summed E-state index contributed by atoms with van der Waals surface area (Å²) < 4.78 is 0. The number of carbonyl (C=O) groups is 1. The molecule has 2 atom stereocenters. The summed E-state index contributed by atoms with van der Waals surface area (Å²) in [5.41, 5.74) is -0.281. The van der Waals surface area contributed by atoms with Crippen LogP contribution >= 0.6 is 0 Å². The number of nitrogens with one attached hydrogen (secondary N) is 1. The third-order valence-electron chi connectivity index (χ3n) is 4.49. The van der Waals surface area contributed by atoms with Crippen molar-refractivity contribution in [3.8, 4) is 0 Å². The fourth-order valence-corrected chi connectivity index (χ4v) is 3.16. The van der Waals surface area contributed by atoms with Gasteiger partial charge in [0.2, 0.25) is 5.91 Å². The van der Waals surface area contributed by atoms with Crippen LogP contribution in [0, 0.1) is 23.2 Å². The third kappa shape index (κ3) is 4.48. The fraction of sp³-hybridized carbons (Fsp3) is 0.938. The van der Waals surface area contributed by atoms with E-state index >= 15 is 0 Å². The van der Waals surface area contributed by atoms with E-state index < -0.39 is 5.54 Å². The average Bonchev–Trinajstić information content (AvgIpc) is 2.26. The molecule has 2 unspecified atom stereocenters. The Kier molecular flexibility index (Phi) is 5.05. The maximum atomic E-state index is 12.6. The molecular formula is C16H31NO2. The van der Waals surface area contributed by atoms with Gasteiger partial charge in [-0.25, -0.2) is 0 Å². The zero-order valence-electron chi connectivity index (χ0n) is 13.4. The average molecular weight is 269 g/mol. The molecule has 0 saturated heterocycles. The number of hydrogen-bond acceptors (Lipinski definition) is 2. The maximum Gasteiger partial charge on any atom is 0.223 e. The summed E-state index contributed by atoms with van der Waals surface area (Å²) in [5, 5.41) is 12.3. The minimum absolute atomic E-state index is 0.0266. The molecular weight excluding hydrogens is 238 g/mol. The van der Waals surface area contributed by atoms with Gasteiger partial charge in [0.15, 0.2) is 0 Å². The van der Waals surface area contributed by atoms with Crippen LogP contribution < -0.4 is 5.32 Å². The lowest BCUT2D eigenvalue weighted by molar-refractivity contribution is -0.132. The molecule has 1 rings (SSSR count). The summed E-state index contributed by atoms with van der Waals surface area (Å²) in [4.78, 5) is 12.6. The van der Waals surface area contributed by atoms with Crippen LogP contribution in [-0.2, 0) is 4.79 Å². The van der Waals surface area contributed by atoms with Crippen molar-refractivity contribution in [3.63, 3.8) is 0 Å². The number of carbonyl (C=O) groups excluding carboxylic acids is 1. The topological polar surface area (TPSA) is 49.3 Å². The molecule has 1 aliphatic rings. The van der Waals surface area contributed by atoms with Gasteiger partial charge in [-0.1, -0.05) is 27.7 Å². The molecule has 0 radical (unpaired) electrons. The van der Waals surface area contributed by atoms with Gasteiger partial charge in [0.25, 0.3) is 0 Å². The van der Waals surface area contributed by atoms with Crippen LogP contribution in [0.3, 0.4) is 0 Å². The Morgan fingerprint density at radius 2 is 2.00 bits per heavy atom. The van der Waals surface area contributed by atoms with E-state index in [0.29, 0.717) is 11.8 Å². The van der Waals surface area contributed by atoms with E-state index in [1.165, 1.54) is 6.42 Å². The summed E-state index contributed by atoms with van der Waals surface area (Å²) in [5.74, 6) is 1.19. The van der Waals surface area contributed by atoms with Crippen molar-refractivity contribution in [1.82, 2.24) is 5.32 Å². The minimum Gasteiger partial charge on any atom is -0.394 e. The molecule has 0 aromatic rings. The van der Waals surface area contributed by atoms with Crippen LogP contribution in [0.1, 0.15) is 60.8 Å². The smallest absolute Gasteiger partial charge is 0.223 e. The van der Waals surface area contributed by atoms with Crippen LogP contribution in [0.5, 0.6) is 0 Å². The molecule has 19 heavy (non-hydrogen) atoms. The molecule has 2 N–H and O–H groups in total. The van der Waals surface area contributed by atoms with Crippen molar-refractivity contribution < 1.29 is 9.90 Å². The second-order valence-corrected chi connectivity index (χ2v) is 7.95. The Labute approximate surface area is 118 Å². The van der Waals surface area contributed by atoms with E-state index in [1.54, 1.807) is 0 Å². The van der Waals surface area contributed by atoms with Crippen LogP contribution in [0.2, 0.25) is 0 Å². The second kappa shape index (κ2) is 5.82. The first kappa shape index (κ1) is 16.5. The normalized spacial score (nSPS) is 27.4. The van der Waals surface area contributed by atoms with Gasteiger partial charge in [-0.3, -0.25) is 4.79 Å². The first-order valence-electron chi connectivity index (χ1n) is 7.51. The van der Waals surface area contributed by atoms with Crippen LogP contribution in [-0.4, -0.2) is 23.2 Å². The molecule has 1 aliphatic carbocycles. The predicted molar refractivity (Wildman–Crippen MR) is 78.8 cm³/mol. The van der Waals surface area contributed by atoms with Crippen LogP contribution in [0.4, 0.5) is 0 Å². The van der Waals surface area contributed by atoms with E-state index in [1.807, 2.05) is 13.8 Å². The molecule has 1 saturated carbocycles. The lowest BCUT2D eigenvalue weighted by atomic mass is 9.64. The van der Waals surface area contributed by atoms with Gasteiger partial charge in [-0.05, 0) is 50.4 Å². The number of amides is 1. The molecule has 3 nitrogen and oxygen atoms in total. The van der Waals surface area contributed by atoms with E-state index in [4.69, 9.17) is 0 Å². The highest BCUT2D eigenvalue weighted by molar-refractivity contribution is 5.80. The van der Waals surface area contributed by atoms with Gasteiger partial charge in [0.1, 0.15) is 0 Å². The quantitative estimate of drug-likeness (QED) is 0.824. The minimum atomic E-state index is -0.528. The Bertz CT molecular complexity index is 321. The Morgan fingerprint density at radius 1 is 1.42 bits per heavy atom. The van der Waals surface area contributed by atoms with Crippen molar-refractivity contribution in [2.24, 2.45) is 23.2 Å². The first-order valence-corrected chi connectivity index (χ1v) is 7.51. The Morgan fingerprint density at radius 3 is 2.47 bits per heavy atom. The highest BCUT2D eigenvalue weighted by Gasteiger charge is 2.40. The molecule has 0 aromatic carbocycles. The van der Waals surface area contributed by atoms with Crippen molar-refractivity contribution in [2.45, 2.75) is 66.3 Å². The zero-order valence-corrected chi connectivity index (χ0v) is 13.4. The largest absolute Gasteiger partial charge is 0.394 e. The van der Waals surface area contributed by atoms with Gasteiger partial charge in [0.05, 0.1) is 12.1 Å². The van der Waals surface area contributed by atoms with Gasteiger partial charge >= 0.3 is 0 Å². The van der Waals surface area contributed by atoms with E-state index in [2.05, 4.69) is 33.0 Å². The molecule has 1 fully saturated rings. The summed E-state index contributed by atoms with van der Waals surface area (Å²) in [6.07, 6.45) is 3.27. The summed E-state index contributed by atoms with van der Waals surface area (Å²) in [6.45, 7) is 12.6. The summed E-state index contributed by atoms with van der Waals surface area (Å²) in [6, 6.07) is 0. The molecule has 0 heterocycles. The van der Waals surface area contributed by atoms with Gasteiger partial charge in [-0.15, -0.1) is 0 Å². The third-order valence-corrected chi connectivity index (χ3v) is 4.49. The Balaban J connectivity index is 2.82. The highest BCUT2D eigenvalue weighted by atomic mass is 16.3. The van der Waals surface area contributed by atoms with E-state index in [-0.39, 0.29) is 23.8 Å². The summed E-state index contributed by atoms with van der Waals surface area (Å²) in [7, 11) is 0. The monoisotopic (exact) mass is 269 g/mol. The van der Waals surface area contributed by atoms with Crippen molar-refractivity contribution in [2.75, 3.05) is 6.61 Å².